The molecular weight excluding hydrogens is 645 g/mol. The fourth-order valence-corrected chi connectivity index (χ4v) is 5.49. The Kier molecular flexibility index (Phi) is 8.01. The van der Waals surface area contributed by atoms with E-state index < -0.39 is 11.9 Å². The SMILES string of the molecule is C[C@@H](Oc1cc(Br)cnc1N)c1cc(F)ccc1-c1nn(C)cc1Cn1c(C(=O)N(C)C)nc(CC2CC2)c1Br. The van der Waals surface area contributed by atoms with Crippen LogP contribution in [0.1, 0.15) is 53.3 Å². The van der Waals surface area contributed by atoms with Gasteiger partial charge in [0.2, 0.25) is 5.82 Å². The van der Waals surface area contributed by atoms with Gasteiger partial charge in [-0.15, -0.1) is 0 Å². The Morgan fingerprint density at radius 2 is 2.02 bits per heavy atom. The van der Waals surface area contributed by atoms with Crippen LogP contribution in [0.15, 0.2) is 45.7 Å². The lowest BCUT2D eigenvalue weighted by molar-refractivity contribution is 0.0811. The van der Waals surface area contributed by atoms with Crippen molar-refractivity contribution in [2.45, 2.75) is 38.8 Å². The van der Waals surface area contributed by atoms with E-state index in [0.717, 1.165) is 22.3 Å². The second-order valence-corrected chi connectivity index (χ2v) is 12.0. The Morgan fingerprint density at radius 1 is 1.27 bits per heavy atom. The summed E-state index contributed by atoms with van der Waals surface area (Å²) in [5.74, 6) is 1.00. The number of nitrogens with zero attached hydrogens (tertiary/aromatic N) is 6. The summed E-state index contributed by atoms with van der Waals surface area (Å²) in [6.45, 7) is 2.16. The lowest BCUT2D eigenvalue weighted by atomic mass is 9.98. The lowest BCUT2D eigenvalue weighted by Crippen LogP contribution is -2.26. The molecule has 0 aliphatic heterocycles. The molecule has 1 fully saturated rings. The first-order chi connectivity index (χ1) is 19.0. The number of nitrogens with two attached hydrogens (primary N) is 1. The second kappa shape index (κ2) is 11.3. The number of nitrogen functional groups attached to an aromatic ring is 1. The van der Waals surface area contributed by atoms with Gasteiger partial charge in [0.25, 0.3) is 5.91 Å². The molecule has 1 atom stereocenters. The van der Waals surface area contributed by atoms with E-state index >= 15 is 0 Å². The van der Waals surface area contributed by atoms with Crippen molar-refractivity contribution in [3.63, 3.8) is 0 Å². The molecule has 3 aromatic heterocycles. The van der Waals surface area contributed by atoms with Gasteiger partial charge in [-0.1, -0.05) is 0 Å². The fraction of sp³-hybridized carbons (Fsp3) is 0.357. The third-order valence-corrected chi connectivity index (χ3v) is 8.16. The van der Waals surface area contributed by atoms with E-state index in [1.165, 1.54) is 29.9 Å². The molecule has 5 rings (SSSR count). The highest BCUT2D eigenvalue weighted by Crippen LogP contribution is 2.37. The van der Waals surface area contributed by atoms with Crippen LogP contribution in [-0.4, -0.2) is 49.2 Å². The van der Waals surface area contributed by atoms with Crippen LogP contribution in [0, 0.1) is 11.7 Å². The number of halogens is 3. The predicted octanol–water partition coefficient (Wildman–Crippen LogP) is 5.77. The summed E-state index contributed by atoms with van der Waals surface area (Å²) in [4.78, 5) is 23.5. The minimum absolute atomic E-state index is 0.182. The summed E-state index contributed by atoms with van der Waals surface area (Å²) >= 11 is 7.12. The number of aryl methyl sites for hydroxylation is 1. The number of benzene rings is 1. The van der Waals surface area contributed by atoms with Gasteiger partial charge in [0.15, 0.2) is 11.6 Å². The highest BCUT2D eigenvalue weighted by molar-refractivity contribution is 9.10. The molecule has 12 heteroatoms. The summed E-state index contributed by atoms with van der Waals surface area (Å²) in [7, 11) is 5.26. The standard InChI is InChI=1S/C28H30Br2FN7O2/c1-15(40-23-10-18(29)12-33-26(23)32)21-11-19(31)7-8-20(21)24-17(13-37(4)35-24)14-38-25(30)22(9-16-5-6-16)34-27(38)28(39)36(2)3/h7-8,10-13,15-16H,5-6,9,14H2,1-4H3,(H2,32,33)/t15-/m1/s1. The van der Waals surface area contributed by atoms with Crippen molar-refractivity contribution in [1.29, 1.82) is 0 Å². The molecule has 40 heavy (non-hydrogen) atoms. The molecular formula is C28H30Br2FN7O2. The summed E-state index contributed by atoms with van der Waals surface area (Å²) in [5, 5.41) is 4.74. The quantitative estimate of drug-likeness (QED) is 0.242. The monoisotopic (exact) mass is 673 g/mol. The van der Waals surface area contributed by atoms with Crippen LogP contribution in [0.2, 0.25) is 0 Å². The Morgan fingerprint density at radius 3 is 2.73 bits per heavy atom. The Labute approximate surface area is 248 Å². The van der Waals surface area contributed by atoms with Crippen molar-refractivity contribution in [2.24, 2.45) is 13.0 Å². The highest BCUT2D eigenvalue weighted by atomic mass is 79.9. The molecule has 0 radical (unpaired) electrons. The molecule has 1 aromatic carbocycles. The second-order valence-electron chi connectivity index (χ2n) is 10.3. The Bertz CT molecular complexity index is 1580. The molecule has 0 spiro atoms. The zero-order chi connectivity index (χ0) is 28.7. The normalized spacial score (nSPS) is 13.9. The van der Waals surface area contributed by atoms with Crippen LogP contribution in [0.4, 0.5) is 10.2 Å². The van der Waals surface area contributed by atoms with Gasteiger partial charge >= 0.3 is 0 Å². The summed E-state index contributed by atoms with van der Waals surface area (Å²) in [6, 6.07) is 6.28. The van der Waals surface area contributed by atoms with E-state index in [0.29, 0.717) is 45.3 Å². The smallest absolute Gasteiger partial charge is 0.289 e. The molecule has 3 heterocycles. The lowest BCUT2D eigenvalue weighted by Gasteiger charge is -2.19. The zero-order valence-corrected chi connectivity index (χ0v) is 25.8. The number of aromatic nitrogens is 5. The number of hydrogen-bond acceptors (Lipinski definition) is 6. The van der Waals surface area contributed by atoms with Crippen LogP contribution < -0.4 is 10.5 Å². The highest BCUT2D eigenvalue weighted by Gasteiger charge is 2.29. The van der Waals surface area contributed by atoms with E-state index in [-0.39, 0.29) is 11.7 Å². The molecule has 1 aliphatic rings. The third kappa shape index (κ3) is 5.92. The van der Waals surface area contributed by atoms with Crippen molar-refractivity contribution in [1.82, 2.24) is 29.2 Å². The number of ether oxygens (including phenoxy) is 1. The number of anilines is 1. The molecule has 2 N–H and O–H groups in total. The molecule has 1 saturated carbocycles. The maximum absolute atomic E-state index is 14.6. The summed E-state index contributed by atoms with van der Waals surface area (Å²) in [5.41, 5.74) is 9.71. The maximum Gasteiger partial charge on any atom is 0.289 e. The molecule has 1 amide bonds. The van der Waals surface area contributed by atoms with Crippen LogP contribution in [0.5, 0.6) is 5.75 Å². The number of carbonyl (C=O) groups is 1. The van der Waals surface area contributed by atoms with Crippen molar-refractivity contribution in [3.05, 3.63) is 74.2 Å². The van der Waals surface area contributed by atoms with Crippen LogP contribution in [-0.2, 0) is 20.0 Å². The molecule has 0 saturated heterocycles. The number of pyridine rings is 1. The first kappa shape index (κ1) is 28.3. The van der Waals surface area contributed by atoms with Gasteiger partial charge < -0.3 is 19.9 Å². The van der Waals surface area contributed by atoms with Gasteiger partial charge in [-0.3, -0.25) is 9.48 Å². The third-order valence-electron chi connectivity index (χ3n) is 6.84. The number of carbonyl (C=O) groups excluding carboxylic acids is 1. The van der Waals surface area contributed by atoms with E-state index in [1.54, 1.807) is 37.1 Å². The molecule has 0 bridgehead atoms. The van der Waals surface area contributed by atoms with Gasteiger partial charge in [0.05, 0.1) is 17.9 Å². The fourth-order valence-electron chi connectivity index (χ4n) is 4.63. The van der Waals surface area contributed by atoms with Gasteiger partial charge in [0, 0.05) is 54.7 Å². The molecule has 1 aliphatic carbocycles. The van der Waals surface area contributed by atoms with Crippen LogP contribution in [0.3, 0.4) is 0 Å². The first-order valence-electron chi connectivity index (χ1n) is 12.9. The van der Waals surface area contributed by atoms with E-state index in [9.17, 15) is 9.18 Å². The topological polar surface area (TPSA) is 104 Å². The minimum atomic E-state index is -0.574. The van der Waals surface area contributed by atoms with Crippen molar-refractivity contribution in [3.8, 4) is 17.0 Å². The average molecular weight is 675 g/mol. The maximum atomic E-state index is 14.6. The zero-order valence-electron chi connectivity index (χ0n) is 22.7. The Balaban J connectivity index is 1.55. The van der Waals surface area contributed by atoms with Crippen LogP contribution >= 0.6 is 31.9 Å². The number of imidazole rings is 1. The van der Waals surface area contributed by atoms with Gasteiger partial charge in [-0.2, -0.15) is 5.10 Å². The van der Waals surface area contributed by atoms with Gasteiger partial charge in [-0.05, 0) is 88.2 Å². The summed E-state index contributed by atoms with van der Waals surface area (Å²) < 4.78 is 25.8. The largest absolute Gasteiger partial charge is 0.482 e. The van der Waals surface area contributed by atoms with Gasteiger partial charge in [-0.25, -0.2) is 14.4 Å². The molecule has 4 aromatic rings. The van der Waals surface area contributed by atoms with E-state index in [2.05, 4.69) is 36.8 Å². The van der Waals surface area contributed by atoms with Crippen molar-refractivity contribution < 1.29 is 13.9 Å². The number of rotatable bonds is 9. The van der Waals surface area contributed by atoms with Gasteiger partial charge in [0.1, 0.15) is 16.5 Å². The molecule has 9 nitrogen and oxygen atoms in total. The van der Waals surface area contributed by atoms with E-state index in [1.807, 2.05) is 24.7 Å². The minimum Gasteiger partial charge on any atom is -0.482 e. The number of amides is 1. The predicted molar refractivity (Wildman–Crippen MR) is 157 cm³/mol. The number of hydrogen-bond donors (Lipinski definition) is 1. The Hall–Kier alpha value is -3.25. The van der Waals surface area contributed by atoms with Crippen molar-refractivity contribution >= 4 is 43.6 Å². The first-order valence-corrected chi connectivity index (χ1v) is 14.5. The van der Waals surface area contributed by atoms with E-state index in [4.69, 9.17) is 20.6 Å². The molecule has 0 unspecified atom stereocenters. The molecule has 210 valence electrons. The van der Waals surface area contributed by atoms with Crippen molar-refractivity contribution in [2.75, 3.05) is 19.8 Å². The average Bonchev–Trinajstić information content (AvgIpc) is 3.58. The van der Waals surface area contributed by atoms with Crippen LogP contribution in [0.25, 0.3) is 11.3 Å². The summed E-state index contributed by atoms with van der Waals surface area (Å²) in [6.07, 6.45) is 6.10.